The first-order valence-corrected chi connectivity index (χ1v) is 5.78. The van der Waals surface area contributed by atoms with Crippen LogP contribution in [0.25, 0.3) is 0 Å². The van der Waals surface area contributed by atoms with E-state index in [-0.39, 0.29) is 5.66 Å². The molecular weight excluding hydrogens is 147 g/mol. The Bertz CT molecular complexity index is 146. The van der Waals surface area contributed by atoms with Crippen LogP contribution in [0.3, 0.4) is 0 Å². The van der Waals surface area contributed by atoms with Crippen LogP contribution < -0.4 is 0 Å². The predicted molar refractivity (Wildman–Crippen MR) is 44.2 cm³/mol. The Kier molecular flexibility index (Phi) is 3.88. The van der Waals surface area contributed by atoms with Gasteiger partial charge >= 0.3 is 0 Å². The lowest BCUT2D eigenvalue weighted by atomic mass is 10.5. The summed E-state index contributed by atoms with van der Waals surface area (Å²) < 4.78 is 11.7. The van der Waals surface area contributed by atoms with Gasteiger partial charge in [-0.15, -0.1) is 0 Å². The molecule has 2 nitrogen and oxygen atoms in total. The Morgan fingerprint density at radius 1 is 1.40 bits per heavy atom. The number of carbonyl (C=O) groups excluding carboxylic acids is 1. The summed E-state index contributed by atoms with van der Waals surface area (Å²) in [5, 5.41) is 0. The molecule has 0 radical (unpaired) electrons. The maximum Gasteiger partial charge on any atom is 0.130 e. The highest BCUT2D eigenvalue weighted by Gasteiger charge is 2.24. The summed E-state index contributed by atoms with van der Waals surface area (Å²) in [6.07, 6.45) is 2.08. The first kappa shape index (κ1) is 9.90. The number of hydrogen-bond donors (Lipinski definition) is 0. The fourth-order valence-corrected chi connectivity index (χ4v) is 2.73. The summed E-state index contributed by atoms with van der Waals surface area (Å²) in [7, 11) is -2.14. The topological polar surface area (TPSA) is 34.1 Å². The number of hydrogen-bond acceptors (Lipinski definition) is 2. The Morgan fingerprint density at radius 3 is 1.90 bits per heavy atom. The molecule has 0 aromatic carbocycles. The molecule has 1 atom stereocenters. The highest BCUT2D eigenvalue weighted by atomic mass is 31.2. The first-order valence-electron chi connectivity index (χ1n) is 3.63. The van der Waals surface area contributed by atoms with Crippen molar-refractivity contribution < 1.29 is 9.36 Å². The molecule has 0 fully saturated rings. The van der Waals surface area contributed by atoms with Crippen molar-refractivity contribution in [2.24, 2.45) is 0 Å². The second kappa shape index (κ2) is 3.92. The molecule has 0 saturated carbocycles. The molecule has 0 amide bonds. The van der Waals surface area contributed by atoms with Gasteiger partial charge < -0.3 is 9.36 Å². The fourth-order valence-electron chi connectivity index (χ4n) is 0.910. The summed E-state index contributed by atoms with van der Waals surface area (Å²) in [6.45, 7) is 5.50. The fraction of sp³-hybridized carbons (Fsp3) is 0.857. The Balaban J connectivity index is 4.32. The van der Waals surface area contributed by atoms with Gasteiger partial charge in [0.15, 0.2) is 0 Å². The molecule has 0 saturated heterocycles. The van der Waals surface area contributed by atoms with Crippen LogP contribution in [-0.2, 0) is 9.36 Å². The summed E-state index contributed by atoms with van der Waals surface area (Å²) >= 11 is 0. The van der Waals surface area contributed by atoms with E-state index in [1.807, 2.05) is 13.8 Å². The monoisotopic (exact) mass is 162 g/mol. The normalized spacial score (nSPS) is 14.7. The Labute approximate surface area is 62.4 Å². The van der Waals surface area contributed by atoms with Crippen molar-refractivity contribution in [3.8, 4) is 0 Å². The van der Waals surface area contributed by atoms with Gasteiger partial charge in [0.05, 0.1) is 12.8 Å². The van der Waals surface area contributed by atoms with E-state index < -0.39 is 7.14 Å². The van der Waals surface area contributed by atoms with Crippen LogP contribution in [0, 0.1) is 0 Å². The van der Waals surface area contributed by atoms with Gasteiger partial charge in [0.2, 0.25) is 0 Å². The summed E-state index contributed by atoms with van der Waals surface area (Å²) in [4.78, 5) is 10.3. The van der Waals surface area contributed by atoms with Crippen LogP contribution in [0.15, 0.2) is 0 Å². The maximum atomic E-state index is 11.7. The third kappa shape index (κ3) is 1.95. The van der Waals surface area contributed by atoms with Crippen molar-refractivity contribution in [3.63, 3.8) is 0 Å². The molecule has 10 heavy (non-hydrogen) atoms. The molecule has 0 bridgehead atoms. The molecule has 0 N–H and O–H groups in total. The summed E-state index contributed by atoms with van der Waals surface area (Å²) in [6, 6.07) is 0. The highest BCUT2D eigenvalue weighted by molar-refractivity contribution is 7.65. The van der Waals surface area contributed by atoms with Crippen LogP contribution in [0.2, 0.25) is 0 Å². The van der Waals surface area contributed by atoms with E-state index in [2.05, 4.69) is 0 Å². The van der Waals surface area contributed by atoms with E-state index in [9.17, 15) is 9.36 Å². The van der Waals surface area contributed by atoms with E-state index in [1.54, 1.807) is 6.92 Å². The minimum absolute atomic E-state index is 0.248. The smallest absolute Gasteiger partial charge is 0.130 e. The van der Waals surface area contributed by atoms with Gasteiger partial charge in [-0.05, 0) is 19.2 Å². The molecule has 0 aliphatic heterocycles. The van der Waals surface area contributed by atoms with Gasteiger partial charge in [0.1, 0.15) is 6.29 Å². The van der Waals surface area contributed by atoms with E-state index in [1.165, 1.54) is 0 Å². The predicted octanol–water partition coefficient (Wildman–Crippen LogP) is 1.98. The molecule has 3 heteroatoms. The zero-order valence-electron chi connectivity index (χ0n) is 6.83. The standard InChI is InChI=1S/C7H15O2P/c1-4-10(9,5-2)7(3)6-8/h6-7H,4-5H2,1-3H3. The molecule has 1 unspecified atom stereocenters. The largest absolute Gasteiger partial charge is 0.323 e. The summed E-state index contributed by atoms with van der Waals surface area (Å²) in [5.41, 5.74) is -0.248. The third-order valence-electron chi connectivity index (χ3n) is 2.01. The second-order valence-corrected chi connectivity index (χ2v) is 6.45. The van der Waals surface area contributed by atoms with Crippen molar-refractivity contribution in [3.05, 3.63) is 0 Å². The SMILES string of the molecule is CCP(=O)(CC)C(C)C=O. The lowest BCUT2D eigenvalue weighted by Crippen LogP contribution is -2.08. The zero-order valence-corrected chi connectivity index (χ0v) is 7.73. The van der Waals surface area contributed by atoms with Crippen molar-refractivity contribution in [1.29, 1.82) is 0 Å². The second-order valence-electron chi connectivity index (χ2n) is 2.46. The van der Waals surface area contributed by atoms with Crippen molar-refractivity contribution in [1.82, 2.24) is 0 Å². The van der Waals surface area contributed by atoms with Gasteiger partial charge in [-0.1, -0.05) is 13.8 Å². The van der Waals surface area contributed by atoms with Crippen LogP contribution in [0.1, 0.15) is 20.8 Å². The third-order valence-corrected chi connectivity index (χ3v) is 5.76. The van der Waals surface area contributed by atoms with Crippen LogP contribution in [-0.4, -0.2) is 24.3 Å². The highest BCUT2D eigenvalue weighted by Crippen LogP contribution is 2.48. The van der Waals surface area contributed by atoms with Gasteiger partial charge in [0.25, 0.3) is 0 Å². The van der Waals surface area contributed by atoms with Crippen LogP contribution in [0.5, 0.6) is 0 Å². The average Bonchev–Trinajstić information content (AvgIpc) is 2.01. The van der Waals surface area contributed by atoms with Crippen molar-refractivity contribution in [2.45, 2.75) is 26.4 Å². The number of rotatable bonds is 4. The van der Waals surface area contributed by atoms with Gasteiger partial charge in [-0.25, -0.2) is 0 Å². The van der Waals surface area contributed by atoms with Crippen molar-refractivity contribution in [2.75, 3.05) is 12.3 Å². The Morgan fingerprint density at radius 2 is 1.80 bits per heavy atom. The van der Waals surface area contributed by atoms with Gasteiger partial charge in [0, 0.05) is 0 Å². The molecule has 0 heterocycles. The zero-order chi connectivity index (χ0) is 8.20. The molecule has 0 aromatic heterocycles. The minimum Gasteiger partial charge on any atom is -0.323 e. The average molecular weight is 162 g/mol. The molecule has 0 aliphatic rings. The van der Waals surface area contributed by atoms with Crippen LogP contribution in [0.4, 0.5) is 0 Å². The summed E-state index contributed by atoms with van der Waals surface area (Å²) in [5.74, 6) is 0. The molecule has 0 rings (SSSR count). The minimum atomic E-state index is -2.14. The Hall–Kier alpha value is -0.100. The maximum absolute atomic E-state index is 11.7. The van der Waals surface area contributed by atoms with E-state index in [4.69, 9.17) is 0 Å². The van der Waals surface area contributed by atoms with Gasteiger partial charge in [-0.3, -0.25) is 0 Å². The van der Waals surface area contributed by atoms with E-state index in [0.29, 0.717) is 12.3 Å². The molecule has 60 valence electrons. The van der Waals surface area contributed by atoms with Crippen molar-refractivity contribution >= 4 is 13.4 Å². The number of carbonyl (C=O) groups is 1. The number of aldehydes is 1. The molecular formula is C7H15O2P. The van der Waals surface area contributed by atoms with E-state index >= 15 is 0 Å². The van der Waals surface area contributed by atoms with Crippen LogP contribution >= 0.6 is 7.14 Å². The molecule has 0 aliphatic carbocycles. The van der Waals surface area contributed by atoms with E-state index in [0.717, 1.165) is 6.29 Å². The molecule has 0 aromatic rings. The lowest BCUT2D eigenvalue weighted by Gasteiger charge is -2.16. The quantitative estimate of drug-likeness (QED) is 0.468. The molecule has 0 spiro atoms. The first-order chi connectivity index (χ1) is 4.60. The van der Waals surface area contributed by atoms with Gasteiger partial charge in [-0.2, -0.15) is 0 Å². The lowest BCUT2D eigenvalue weighted by molar-refractivity contribution is -0.107.